The van der Waals surface area contributed by atoms with Crippen LogP contribution in [0.1, 0.15) is 97.3 Å². The van der Waals surface area contributed by atoms with Crippen molar-refractivity contribution < 1.29 is 54.4 Å². The Morgan fingerprint density at radius 3 is 1.90 bits per heavy atom. The third-order valence-corrected chi connectivity index (χ3v) is 7.23. The minimum absolute atomic E-state index is 0.0393. The molecule has 1 heterocycles. The molecular formula is C28H53NO11. The third kappa shape index (κ3) is 13.5. The molecule has 236 valence electrons. The van der Waals surface area contributed by atoms with Crippen molar-refractivity contribution in [3.05, 3.63) is 0 Å². The standard InChI is InChI=1S/C28H53NO11/c1-3-5-6-7-8-9-10-11-12-13-14-15-16-20(31)22(32)19(29-26(36)27(37)38-4-2)18-39-28-25(35)24(34)23(33)21(17-30)40-28/h19-25,28,30-35H,3-18H2,1-2H3,(H,29,36). The predicted molar refractivity (Wildman–Crippen MR) is 146 cm³/mol. The van der Waals surface area contributed by atoms with Crippen molar-refractivity contribution in [1.29, 1.82) is 0 Å². The summed E-state index contributed by atoms with van der Waals surface area (Å²) in [7, 11) is 0. The molecule has 1 fully saturated rings. The van der Waals surface area contributed by atoms with E-state index in [0.717, 1.165) is 19.3 Å². The number of amides is 1. The number of carbonyl (C=O) groups excluding carboxylic acids is 2. The van der Waals surface area contributed by atoms with Gasteiger partial charge in [0.05, 0.1) is 32.0 Å². The zero-order valence-corrected chi connectivity index (χ0v) is 24.2. The van der Waals surface area contributed by atoms with Gasteiger partial charge in [-0.3, -0.25) is 4.79 Å². The van der Waals surface area contributed by atoms with Crippen LogP contribution in [0, 0.1) is 0 Å². The largest absolute Gasteiger partial charge is 0.459 e. The first kappa shape index (κ1) is 36.6. The summed E-state index contributed by atoms with van der Waals surface area (Å²) >= 11 is 0. The first-order chi connectivity index (χ1) is 19.2. The Bertz CT molecular complexity index is 681. The maximum atomic E-state index is 12.2. The van der Waals surface area contributed by atoms with E-state index >= 15 is 0 Å². The highest BCUT2D eigenvalue weighted by molar-refractivity contribution is 6.32. The van der Waals surface area contributed by atoms with Gasteiger partial charge in [-0.1, -0.05) is 84.0 Å². The van der Waals surface area contributed by atoms with Crippen LogP contribution in [0.4, 0.5) is 0 Å². The molecule has 0 aromatic carbocycles. The van der Waals surface area contributed by atoms with Crippen molar-refractivity contribution in [1.82, 2.24) is 5.32 Å². The molecule has 12 heteroatoms. The molecule has 0 spiro atoms. The molecule has 12 nitrogen and oxygen atoms in total. The molecule has 7 N–H and O–H groups in total. The quantitative estimate of drug-likeness (QED) is 0.0573. The van der Waals surface area contributed by atoms with Crippen LogP contribution in [0.25, 0.3) is 0 Å². The van der Waals surface area contributed by atoms with Crippen molar-refractivity contribution in [3.8, 4) is 0 Å². The van der Waals surface area contributed by atoms with Gasteiger partial charge in [0.25, 0.3) is 0 Å². The van der Waals surface area contributed by atoms with Crippen LogP contribution in [-0.4, -0.2) is 111 Å². The van der Waals surface area contributed by atoms with E-state index in [1.54, 1.807) is 0 Å². The lowest BCUT2D eigenvalue weighted by Crippen LogP contribution is -2.60. The smallest absolute Gasteiger partial charge is 0.396 e. The molecule has 40 heavy (non-hydrogen) atoms. The molecule has 0 saturated carbocycles. The number of unbranched alkanes of at least 4 members (excludes halogenated alkanes) is 11. The van der Waals surface area contributed by atoms with Gasteiger partial charge in [-0.05, 0) is 13.3 Å². The summed E-state index contributed by atoms with van der Waals surface area (Å²) in [5.41, 5.74) is 0. The van der Waals surface area contributed by atoms with Crippen LogP contribution in [0.5, 0.6) is 0 Å². The average molecular weight is 580 g/mol. The fourth-order valence-electron chi connectivity index (χ4n) is 4.69. The van der Waals surface area contributed by atoms with Crippen LogP contribution in [0.3, 0.4) is 0 Å². The lowest BCUT2D eigenvalue weighted by Gasteiger charge is -2.40. The lowest BCUT2D eigenvalue weighted by molar-refractivity contribution is -0.303. The second-order valence-electron chi connectivity index (χ2n) is 10.6. The molecule has 8 atom stereocenters. The van der Waals surface area contributed by atoms with Crippen molar-refractivity contribution in [2.24, 2.45) is 0 Å². The van der Waals surface area contributed by atoms with E-state index in [4.69, 9.17) is 9.47 Å². The molecule has 0 aromatic heterocycles. The van der Waals surface area contributed by atoms with Gasteiger partial charge < -0.3 is 50.2 Å². The van der Waals surface area contributed by atoms with Gasteiger partial charge in [-0.25, -0.2) is 4.79 Å². The SMILES string of the molecule is CCCCCCCCCCCCCCC(O)C(O)C(COC1OC(CO)C(O)C(O)C1O)NC(=O)C(=O)OCC. The van der Waals surface area contributed by atoms with Crippen LogP contribution >= 0.6 is 0 Å². The summed E-state index contributed by atoms with van der Waals surface area (Å²) in [6, 6.07) is -1.29. The lowest BCUT2D eigenvalue weighted by atomic mass is 9.98. The second kappa shape index (κ2) is 21.3. The summed E-state index contributed by atoms with van der Waals surface area (Å²) in [6.07, 6.45) is 3.61. The Balaban J connectivity index is 2.54. The van der Waals surface area contributed by atoms with Crippen LogP contribution in [-0.2, 0) is 23.8 Å². The summed E-state index contributed by atoms with van der Waals surface area (Å²) in [6.45, 7) is 2.52. The summed E-state index contributed by atoms with van der Waals surface area (Å²) in [5, 5.41) is 63.1. The normalized spacial score (nSPS) is 25.2. The van der Waals surface area contributed by atoms with Crippen molar-refractivity contribution in [3.63, 3.8) is 0 Å². The van der Waals surface area contributed by atoms with Crippen LogP contribution in [0.15, 0.2) is 0 Å². The number of hydrogen-bond donors (Lipinski definition) is 7. The van der Waals surface area contributed by atoms with E-state index in [0.29, 0.717) is 6.42 Å². The molecule has 0 bridgehead atoms. The van der Waals surface area contributed by atoms with Gasteiger partial charge in [0, 0.05) is 0 Å². The average Bonchev–Trinajstić information content (AvgIpc) is 2.94. The number of esters is 1. The third-order valence-electron chi connectivity index (χ3n) is 7.23. The first-order valence-electron chi connectivity index (χ1n) is 14.9. The maximum Gasteiger partial charge on any atom is 0.396 e. The van der Waals surface area contributed by atoms with Gasteiger partial charge in [0.2, 0.25) is 0 Å². The van der Waals surface area contributed by atoms with E-state index < -0.39 is 74.0 Å². The zero-order chi connectivity index (χ0) is 29.9. The van der Waals surface area contributed by atoms with Crippen molar-refractivity contribution in [2.45, 2.75) is 146 Å². The number of nitrogens with one attached hydrogen (secondary N) is 1. The first-order valence-corrected chi connectivity index (χ1v) is 14.9. The van der Waals surface area contributed by atoms with E-state index in [-0.39, 0.29) is 13.0 Å². The maximum absolute atomic E-state index is 12.2. The molecule has 1 saturated heterocycles. The van der Waals surface area contributed by atoms with Gasteiger partial charge in [-0.15, -0.1) is 0 Å². The molecule has 0 radical (unpaired) electrons. The predicted octanol–water partition coefficient (Wildman–Crippen LogP) is 0.664. The van der Waals surface area contributed by atoms with Gasteiger partial charge >= 0.3 is 11.9 Å². The van der Waals surface area contributed by atoms with E-state index in [1.807, 2.05) is 0 Å². The van der Waals surface area contributed by atoms with E-state index in [9.17, 15) is 40.2 Å². The summed E-state index contributed by atoms with van der Waals surface area (Å²) in [4.78, 5) is 24.0. The fraction of sp³-hybridized carbons (Fsp3) is 0.929. The van der Waals surface area contributed by atoms with Crippen molar-refractivity contribution in [2.75, 3.05) is 19.8 Å². The Hall–Kier alpha value is -1.38. The molecule has 8 unspecified atom stereocenters. The highest BCUT2D eigenvalue weighted by atomic mass is 16.7. The summed E-state index contributed by atoms with van der Waals surface area (Å²) in [5.74, 6) is -2.33. The number of aliphatic hydroxyl groups is 6. The monoisotopic (exact) mass is 579 g/mol. The topological polar surface area (TPSA) is 195 Å². The van der Waals surface area contributed by atoms with E-state index in [2.05, 4.69) is 17.0 Å². The number of aliphatic hydroxyl groups excluding tert-OH is 6. The molecule has 1 aliphatic rings. The highest BCUT2D eigenvalue weighted by Gasteiger charge is 2.44. The van der Waals surface area contributed by atoms with Gasteiger partial charge in [0.1, 0.15) is 30.5 Å². The number of rotatable bonds is 21. The fourth-order valence-corrected chi connectivity index (χ4v) is 4.69. The van der Waals surface area contributed by atoms with Gasteiger partial charge in [-0.2, -0.15) is 0 Å². The minimum Gasteiger partial charge on any atom is -0.459 e. The molecule has 1 rings (SSSR count). The Labute approximate surface area is 238 Å². The Morgan fingerprint density at radius 1 is 0.825 bits per heavy atom. The van der Waals surface area contributed by atoms with Crippen molar-refractivity contribution >= 4 is 11.9 Å². The van der Waals surface area contributed by atoms with Crippen LogP contribution in [0.2, 0.25) is 0 Å². The number of hydrogen-bond acceptors (Lipinski definition) is 11. The second-order valence-corrected chi connectivity index (χ2v) is 10.6. The minimum atomic E-state index is -1.69. The molecule has 1 aliphatic heterocycles. The summed E-state index contributed by atoms with van der Waals surface area (Å²) < 4.78 is 15.4. The number of carbonyl (C=O) groups is 2. The molecule has 0 aromatic rings. The van der Waals surface area contributed by atoms with E-state index in [1.165, 1.54) is 58.3 Å². The van der Waals surface area contributed by atoms with Crippen LogP contribution < -0.4 is 5.32 Å². The Morgan fingerprint density at radius 2 is 1.38 bits per heavy atom. The number of ether oxygens (including phenoxy) is 3. The molecule has 1 amide bonds. The molecular weight excluding hydrogens is 526 g/mol. The Kier molecular flexibility index (Phi) is 19.6. The van der Waals surface area contributed by atoms with Gasteiger partial charge in [0.15, 0.2) is 6.29 Å². The highest BCUT2D eigenvalue weighted by Crippen LogP contribution is 2.23. The molecule has 0 aliphatic carbocycles. The zero-order valence-electron chi connectivity index (χ0n) is 24.2.